The SMILES string of the molecule is CC(=O)O[C@@H]1CCN(Cc2ccccc2)[C@@H](C)[C@H]1C. The first-order chi connectivity index (χ1) is 9.08. The van der Waals surface area contributed by atoms with Crippen molar-refractivity contribution in [1.29, 1.82) is 0 Å². The molecule has 1 aliphatic heterocycles. The van der Waals surface area contributed by atoms with Gasteiger partial charge in [-0.05, 0) is 18.9 Å². The molecule has 0 radical (unpaired) electrons. The van der Waals surface area contributed by atoms with Gasteiger partial charge in [0.1, 0.15) is 6.10 Å². The smallest absolute Gasteiger partial charge is 0.302 e. The van der Waals surface area contributed by atoms with Gasteiger partial charge in [0.15, 0.2) is 0 Å². The minimum atomic E-state index is -0.166. The van der Waals surface area contributed by atoms with Crippen LogP contribution in [-0.2, 0) is 16.1 Å². The highest BCUT2D eigenvalue weighted by Crippen LogP contribution is 2.27. The van der Waals surface area contributed by atoms with Gasteiger partial charge in [0.25, 0.3) is 0 Å². The fourth-order valence-electron chi connectivity index (χ4n) is 2.82. The van der Waals surface area contributed by atoms with Gasteiger partial charge in [0.2, 0.25) is 0 Å². The van der Waals surface area contributed by atoms with Gasteiger partial charge in [0, 0.05) is 32.0 Å². The van der Waals surface area contributed by atoms with Crippen LogP contribution in [0.3, 0.4) is 0 Å². The van der Waals surface area contributed by atoms with Crippen molar-refractivity contribution in [3.8, 4) is 0 Å². The van der Waals surface area contributed by atoms with Crippen LogP contribution < -0.4 is 0 Å². The minimum absolute atomic E-state index is 0.0690. The molecular weight excluding hydrogens is 238 g/mol. The number of benzene rings is 1. The monoisotopic (exact) mass is 261 g/mol. The van der Waals surface area contributed by atoms with E-state index in [1.54, 1.807) is 0 Å². The van der Waals surface area contributed by atoms with E-state index < -0.39 is 0 Å². The average Bonchev–Trinajstić information content (AvgIpc) is 2.39. The summed E-state index contributed by atoms with van der Waals surface area (Å²) >= 11 is 0. The predicted molar refractivity (Wildman–Crippen MR) is 75.6 cm³/mol. The first-order valence-corrected chi connectivity index (χ1v) is 7.03. The molecule has 1 aromatic carbocycles. The summed E-state index contributed by atoms with van der Waals surface area (Å²) in [4.78, 5) is 13.6. The van der Waals surface area contributed by atoms with Gasteiger partial charge in [-0.25, -0.2) is 0 Å². The number of hydrogen-bond donors (Lipinski definition) is 0. The van der Waals surface area contributed by atoms with E-state index in [9.17, 15) is 4.79 Å². The lowest BCUT2D eigenvalue weighted by Crippen LogP contribution is -2.49. The molecule has 0 saturated carbocycles. The summed E-state index contributed by atoms with van der Waals surface area (Å²) in [5, 5.41) is 0. The van der Waals surface area contributed by atoms with Crippen molar-refractivity contribution in [1.82, 2.24) is 4.90 Å². The molecule has 1 aliphatic rings. The van der Waals surface area contributed by atoms with E-state index >= 15 is 0 Å². The second-order valence-electron chi connectivity index (χ2n) is 5.49. The third-order valence-electron chi connectivity index (χ3n) is 4.17. The van der Waals surface area contributed by atoms with Crippen molar-refractivity contribution in [2.45, 2.75) is 45.9 Å². The number of rotatable bonds is 3. The van der Waals surface area contributed by atoms with Crippen LogP contribution in [0.1, 0.15) is 32.8 Å². The molecule has 0 N–H and O–H groups in total. The van der Waals surface area contributed by atoms with Crippen LogP contribution in [0.2, 0.25) is 0 Å². The summed E-state index contributed by atoms with van der Waals surface area (Å²) in [6.45, 7) is 7.85. The van der Waals surface area contributed by atoms with Crippen molar-refractivity contribution < 1.29 is 9.53 Å². The Hall–Kier alpha value is -1.35. The second-order valence-corrected chi connectivity index (χ2v) is 5.49. The van der Waals surface area contributed by atoms with E-state index in [1.165, 1.54) is 12.5 Å². The lowest BCUT2D eigenvalue weighted by Gasteiger charge is -2.42. The maximum Gasteiger partial charge on any atom is 0.302 e. The molecule has 3 heteroatoms. The topological polar surface area (TPSA) is 29.5 Å². The van der Waals surface area contributed by atoms with E-state index in [-0.39, 0.29) is 12.1 Å². The molecule has 0 bridgehead atoms. The van der Waals surface area contributed by atoms with Gasteiger partial charge in [0.05, 0.1) is 0 Å². The molecule has 0 aliphatic carbocycles. The fraction of sp³-hybridized carbons (Fsp3) is 0.562. The van der Waals surface area contributed by atoms with Gasteiger partial charge in [-0.1, -0.05) is 37.3 Å². The number of hydrogen-bond acceptors (Lipinski definition) is 3. The Balaban J connectivity index is 1.97. The van der Waals surface area contributed by atoms with E-state index in [1.807, 2.05) is 6.07 Å². The second kappa shape index (κ2) is 6.20. The Kier molecular flexibility index (Phi) is 4.59. The third kappa shape index (κ3) is 3.57. The highest BCUT2D eigenvalue weighted by molar-refractivity contribution is 5.66. The third-order valence-corrected chi connectivity index (χ3v) is 4.17. The lowest BCUT2D eigenvalue weighted by atomic mass is 9.88. The molecule has 19 heavy (non-hydrogen) atoms. The highest BCUT2D eigenvalue weighted by atomic mass is 16.5. The molecule has 3 atom stereocenters. The van der Waals surface area contributed by atoms with Crippen LogP contribution >= 0.6 is 0 Å². The molecule has 1 fully saturated rings. The fourth-order valence-corrected chi connectivity index (χ4v) is 2.82. The maximum atomic E-state index is 11.1. The first kappa shape index (κ1) is 14.1. The van der Waals surface area contributed by atoms with E-state index in [4.69, 9.17) is 4.74 Å². The first-order valence-electron chi connectivity index (χ1n) is 7.03. The van der Waals surface area contributed by atoms with E-state index in [2.05, 4.69) is 43.0 Å². The van der Waals surface area contributed by atoms with Gasteiger partial charge in [-0.3, -0.25) is 9.69 Å². The summed E-state index contributed by atoms with van der Waals surface area (Å²) < 4.78 is 5.41. The van der Waals surface area contributed by atoms with Crippen molar-refractivity contribution in [3.05, 3.63) is 35.9 Å². The van der Waals surface area contributed by atoms with Crippen molar-refractivity contribution >= 4 is 5.97 Å². The van der Waals surface area contributed by atoms with Crippen LogP contribution in [0, 0.1) is 5.92 Å². The molecule has 0 spiro atoms. The minimum Gasteiger partial charge on any atom is -0.462 e. The Morgan fingerprint density at radius 1 is 1.32 bits per heavy atom. The highest BCUT2D eigenvalue weighted by Gasteiger charge is 2.34. The largest absolute Gasteiger partial charge is 0.462 e. The quantitative estimate of drug-likeness (QED) is 0.784. The van der Waals surface area contributed by atoms with Crippen LogP contribution in [0.15, 0.2) is 30.3 Å². The molecule has 104 valence electrons. The lowest BCUT2D eigenvalue weighted by molar-refractivity contribution is -0.153. The molecule has 3 nitrogen and oxygen atoms in total. The number of likely N-dealkylation sites (tertiary alicyclic amines) is 1. The Morgan fingerprint density at radius 3 is 2.63 bits per heavy atom. The van der Waals surface area contributed by atoms with Crippen LogP contribution in [0.25, 0.3) is 0 Å². The standard InChI is InChI=1S/C16H23NO2/c1-12-13(2)17(10-9-16(12)19-14(3)18)11-15-7-5-4-6-8-15/h4-8,12-13,16H,9-11H2,1-3H3/t12-,13+,16-/m1/s1. The molecule has 1 saturated heterocycles. The number of carbonyl (C=O) groups excluding carboxylic acids is 1. The number of carbonyl (C=O) groups is 1. The Bertz CT molecular complexity index is 418. The number of esters is 1. The van der Waals surface area contributed by atoms with Gasteiger partial charge in [-0.2, -0.15) is 0 Å². The van der Waals surface area contributed by atoms with E-state index in [0.717, 1.165) is 19.5 Å². The molecule has 0 aromatic heterocycles. The number of ether oxygens (including phenoxy) is 1. The van der Waals surface area contributed by atoms with Gasteiger partial charge >= 0.3 is 5.97 Å². The predicted octanol–water partition coefficient (Wildman–Crippen LogP) is 2.85. The summed E-state index contributed by atoms with van der Waals surface area (Å²) in [7, 11) is 0. The molecule has 0 amide bonds. The van der Waals surface area contributed by atoms with Crippen LogP contribution in [0.4, 0.5) is 0 Å². The zero-order chi connectivity index (χ0) is 13.8. The zero-order valence-corrected chi connectivity index (χ0v) is 12.0. The van der Waals surface area contributed by atoms with Crippen LogP contribution in [-0.4, -0.2) is 29.6 Å². The zero-order valence-electron chi connectivity index (χ0n) is 12.0. The molecule has 1 heterocycles. The maximum absolute atomic E-state index is 11.1. The summed E-state index contributed by atoms with van der Waals surface area (Å²) in [6.07, 6.45) is 0.997. The Morgan fingerprint density at radius 2 is 2.00 bits per heavy atom. The molecule has 2 rings (SSSR count). The normalized spacial score (nSPS) is 28.1. The van der Waals surface area contributed by atoms with Gasteiger partial charge in [-0.15, -0.1) is 0 Å². The Labute approximate surface area is 115 Å². The number of nitrogens with zero attached hydrogens (tertiary/aromatic N) is 1. The number of piperidine rings is 1. The summed E-state index contributed by atoms with van der Waals surface area (Å²) in [5.41, 5.74) is 1.34. The van der Waals surface area contributed by atoms with Crippen molar-refractivity contribution in [3.63, 3.8) is 0 Å². The van der Waals surface area contributed by atoms with Crippen molar-refractivity contribution in [2.24, 2.45) is 5.92 Å². The van der Waals surface area contributed by atoms with E-state index in [0.29, 0.717) is 12.0 Å². The average molecular weight is 261 g/mol. The van der Waals surface area contributed by atoms with Crippen molar-refractivity contribution in [2.75, 3.05) is 6.54 Å². The molecular formula is C16H23NO2. The molecule has 0 unspecified atom stereocenters. The summed E-state index contributed by atoms with van der Waals surface area (Å²) in [6, 6.07) is 11.0. The molecule has 1 aromatic rings. The summed E-state index contributed by atoms with van der Waals surface area (Å²) in [5.74, 6) is 0.210. The van der Waals surface area contributed by atoms with Gasteiger partial charge < -0.3 is 4.74 Å². The van der Waals surface area contributed by atoms with Crippen LogP contribution in [0.5, 0.6) is 0 Å².